The molecule has 0 bridgehead atoms. The minimum Gasteiger partial charge on any atom is -0.497 e. The molecule has 0 fully saturated rings. The quantitative estimate of drug-likeness (QED) is 0.327. The summed E-state index contributed by atoms with van der Waals surface area (Å²) in [5.41, 5.74) is 1.36. The Bertz CT molecular complexity index is 1430. The van der Waals surface area contributed by atoms with Crippen LogP contribution in [0.5, 0.6) is 11.5 Å². The van der Waals surface area contributed by atoms with E-state index in [0.717, 1.165) is 12.1 Å². The largest absolute Gasteiger partial charge is 0.497 e. The Morgan fingerprint density at radius 3 is 2.22 bits per heavy atom. The predicted octanol–water partition coefficient (Wildman–Crippen LogP) is 5.26. The van der Waals surface area contributed by atoms with Gasteiger partial charge in [0.1, 0.15) is 28.7 Å². The molecule has 0 radical (unpaired) electrons. The molecule has 10 heteroatoms. The topological polar surface area (TPSA) is 91.7 Å². The van der Waals surface area contributed by atoms with Crippen LogP contribution in [-0.2, 0) is 4.74 Å². The van der Waals surface area contributed by atoms with Gasteiger partial charge >= 0.3 is 5.97 Å². The van der Waals surface area contributed by atoms with Crippen LogP contribution in [0.3, 0.4) is 0 Å². The van der Waals surface area contributed by atoms with Gasteiger partial charge in [0, 0.05) is 23.4 Å². The number of aromatic nitrogens is 2. The molecule has 4 rings (SSSR count). The van der Waals surface area contributed by atoms with E-state index in [1.165, 1.54) is 7.11 Å². The van der Waals surface area contributed by atoms with Crippen molar-refractivity contribution in [3.8, 4) is 28.4 Å². The van der Waals surface area contributed by atoms with Crippen LogP contribution < -0.4 is 14.8 Å². The van der Waals surface area contributed by atoms with E-state index in [1.54, 1.807) is 73.3 Å². The number of halogens is 2. The summed E-state index contributed by atoms with van der Waals surface area (Å²) in [6.45, 7) is 1.88. The number of nitrogens with one attached hydrogen (secondary N) is 1. The van der Waals surface area contributed by atoms with Crippen LogP contribution in [0.4, 0.5) is 14.5 Å². The highest BCUT2D eigenvalue weighted by atomic mass is 19.1. The lowest BCUT2D eigenvalue weighted by Crippen LogP contribution is -2.16. The molecule has 0 atom stereocenters. The van der Waals surface area contributed by atoms with E-state index < -0.39 is 29.1 Å². The van der Waals surface area contributed by atoms with Gasteiger partial charge in [0.15, 0.2) is 5.69 Å². The number of amides is 1. The van der Waals surface area contributed by atoms with Gasteiger partial charge in [-0.3, -0.25) is 4.79 Å². The second kappa shape index (κ2) is 10.9. The van der Waals surface area contributed by atoms with Crippen LogP contribution in [0.2, 0.25) is 0 Å². The Labute approximate surface area is 211 Å². The Morgan fingerprint density at radius 2 is 1.59 bits per heavy atom. The lowest BCUT2D eigenvalue weighted by molar-refractivity contribution is 0.0518. The summed E-state index contributed by atoms with van der Waals surface area (Å²) in [5, 5.41) is 6.93. The van der Waals surface area contributed by atoms with Crippen LogP contribution in [0.25, 0.3) is 16.9 Å². The van der Waals surface area contributed by atoms with E-state index in [9.17, 15) is 18.4 Å². The zero-order valence-electron chi connectivity index (χ0n) is 20.2. The molecule has 37 heavy (non-hydrogen) atoms. The van der Waals surface area contributed by atoms with Gasteiger partial charge < -0.3 is 19.5 Å². The van der Waals surface area contributed by atoms with Crippen molar-refractivity contribution in [2.75, 3.05) is 26.1 Å². The maximum atomic E-state index is 14.4. The Kier molecular flexibility index (Phi) is 7.47. The van der Waals surface area contributed by atoms with Crippen LogP contribution in [0, 0.1) is 11.6 Å². The number of esters is 1. The third kappa shape index (κ3) is 5.43. The summed E-state index contributed by atoms with van der Waals surface area (Å²) in [4.78, 5) is 25.1. The molecule has 4 aromatic rings. The van der Waals surface area contributed by atoms with Gasteiger partial charge in [-0.2, -0.15) is 5.10 Å². The normalized spacial score (nSPS) is 10.6. The average molecular weight is 507 g/mol. The molecular formula is C27H23F2N3O5. The molecule has 190 valence electrons. The number of nitrogens with zero attached hydrogens (tertiary/aromatic N) is 2. The van der Waals surface area contributed by atoms with E-state index >= 15 is 0 Å². The Balaban J connectivity index is 1.71. The van der Waals surface area contributed by atoms with Crippen molar-refractivity contribution in [1.82, 2.24) is 9.78 Å². The molecule has 0 spiro atoms. The van der Waals surface area contributed by atoms with Gasteiger partial charge in [-0.05, 0) is 49.4 Å². The molecule has 1 N–H and O–H groups in total. The van der Waals surface area contributed by atoms with Crippen molar-refractivity contribution in [1.29, 1.82) is 0 Å². The fraction of sp³-hybridized carbons (Fsp3) is 0.148. The fourth-order valence-electron chi connectivity index (χ4n) is 3.65. The number of anilines is 1. The first-order valence-electron chi connectivity index (χ1n) is 11.2. The average Bonchev–Trinajstić information content (AvgIpc) is 3.34. The predicted molar refractivity (Wildman–Crippen MR) is 132 cm³/mol. The van der Waals surface area contributed by atoms with E-state index in [1.807, 2.05) is 0 Å². The third-order valence-corrected chi connectivity index (χ3v) is 5.41. The molecule has 1 amide bonds. The zero-order valence-corrected chi connectivity index (χ0v) is 20.2. The molecule has 8 nitrogen and oxygen atoms in total. The number of ether oxygens (including phenoxy) is 3. The zero-order chi connectivity index (χ0) is 26.5. The monoisotopic (exact) mass is 507 g/mol. The Hall–Kier alpha value is -4.73. The lowest BCUT2D eigenvalue weighted by atomic mass is 10.1. The number of carbonyl (C=O) groups is 2. The second-order valence-electron chi connectivity index (χ2n) is 7.75. The number of hydrogen-bond acceptors (Lipinski definition) is 6. The molecule has 0 aliphatic rings. The van der Waals surface area contributed by atoms with Gasteiger partial charge in [-0.25, -0.2) is 18.3 Å². The highest BCUT2D eigenvalue weighted by Crippen LogP contribution is 2.28. The summed E-state index contributed by atoms with van der Waals surface area (Å²) in [7, 11) is 2.82. The molecule has 0 aliphatic heterocycles. The minimum absolute atomic E-state index is 0.0438. The second-order valence-corrected chi connectivity index (χ2v) is 7.75. The van der Waals surface area contributed by atoms with Crippen molar-refractivity contribution in [3.63, 3.8) is 0 Å². The van der Waals surface area contributed by atoms with Gasteiger partial charge in [0.25, 0.3) is 5.91 Å². The highest BCUT2D eigenvalue weighted by Gasteiger charge is 2.21. The van der Waals surface area contributed by atoms with Crippen LogP contribution >= 0.6 is 0 Å². The van der Waals surface area contributed by atoms with E-state index in [4.69, 9.17) is 14.2 Å². The standard InChI is InChI=1S/C27H23F2N3O5/c1-4-37-27(34)23-15-24(32(31-23)18-8-10-19(35-2)11-9-18)16-6-5-7-17(12-16)30-26(33)25-21(28)13-20(36-3)14-22(25)29/h5-15H,4H2,1-3H3,(H,30,33). The van der Waals surface area contributed by atoms with Crippen molar-refractivity contribution in [2.45, 2.75) is 6.92 Å². The van der Waals surface area contributed by atoms with Crippen molar-refractivity contribution < 1.29 is 32.6 Å². The SMILES string of the molecule is CCOC(=O)c1cc(-c2cccc(NC(=O)c3c(F)cc(OC)cc3F)c2)n(-c2ccc(OC)cc2)n1. The number of rotatable bonds is 8. The van der Waals surface area contributed by atoms with Crippen molar-refractivity contribution in [2.24, 2.45) is 0 Å². The van der Waals surface area contributed by atoms with Crippen molar-refractivity contribution >= 4 is 17.6 Å². The van der Waals surface area contributed by atoms with E-state index in [2.05, 4.69) is 10.4 Å². The highest BCUT2D eigenvalue weighted by molar-refractivity contribution is 6.05. The number of methoxy groups -OCH3 is 2. The van der Waals surface area contributed by atoms with Crippen LogP contribution in [0.1, 0.15) is 27.8 Å². The van der Waals surface area contributed by atoms with Crippen LogP contribution in [-0.4, -0.2) is 42.5 Å². The number of benzene rings is 3. The third-order valence-electron chi connectivity index (χ3n) is 5.41. The van der Waals surface area contributed by atoms with Gasteiger partial charge in [0.2, 0.25) is 0 Å². The first kappa shape index (κ1) is 25.4. The maximum absolute atomic E-state index is 14.4. The Morgan fingerprint density at radius 1 is 0.919 bits per heavy atom. The molecule has 1 heterocycles. The van der Waals surface area contributed by atoms with Crippen molar-refractivity contribution in [3.05, 3.63) is 89.6 Å². The first-order valence-corrected chi connectivity index (χ1v) is 11.2. The molecule has 0 aliphatic carbocycles. The first-order chi connectivity index (χ1) is 17.8. The molecule has 1 aromatic heterocycles. The summed E-state index contributed by atoms with van der Waals surface area (Å²) in [5.74, 6) is -3.07. The van der Waals surface area contributed by atoms with Gasteiger partial charge in [0.05, 0.1) is 32.2 Å². The minimum atomic E-state index is -1.05. The van der Waals surface area contributed by atoms with Gasteiger partial charge in [-0.1, -0.05) is 12.1 Å². The molecule has 0 saturated carbocycles. The summed E-state index contributed by atoms with van der Waals surface area (Å²) in [6, 6.07) is 17.0. The fourth-order valence-corrected chi connectivity index (χ4v) is 3.65. The van der Waals surface area contributed by atoms with Crippen LogP contribution in [0.15, 0.2) is 66.7 Å². The smallest absolute Gasteiger partial charge is 0.358 e. The van der Waals surface area contributed by atoms with Gasteiger partial charge in [-0.15, -0.1) is 0 Å². The summed E-state index contributed by atoms with van der Waals surface area (Å²) >= 11 is 0. The van der Waals surface area contributed by atoms with E-state index in [-0.39, 0.29) is 23.7 Å². The number of hydrogen-bond donors (Lipinski definition) is 1. The van der Waals surface area contributed by atoms with E-state index in [0.29, 0.717) is 22.7 Å². The number of carbonyl (C=O) groups excluding carboxylic acids is 2. The summed E-state index contributed by atoms with van der Waals surface area (Å²) in [6.07, 6.45) is 0. The molecule has 3 aromatic carbocycles. The molecule has 0 saturated heterocycles. The molecular weight excluding hydrogens is 484 g/mol. The maximum Gasteiger partial charge on any atom is 0.358 e. The summed E-state index contributed by atoms with van der Waals surface area (Å²) < 4.78 is 45.5. The molecule has 0 unspecified atom stereocenters. The lowest BCUT2D eigenvalue weighted by Gasteiger charge is -2.11.